The lowest BCUT2D eigenvalue weighted by atomic mass is 9.88. The van der Waals surface area contributed by atoms with Crippen LogP contribution in [0.5, 0.6) is 0 Å². The Morgan fingerprint density at radius 2 is 0.861 bits per heavy atom. The number of fused-ring (bicyclic) bond motifs is 1. The van der Waals surface area contributed by atoms with E-state index in [9.17, 15) is 0 Å². The molecule has 36 heavy (non-hydrogen) atoms. The Bertz CT molecular complexity index is 745. The molecule has 0 amide bonds. The first-order valence-corrected chi connectivity index (χ1v) is 16.3. The van der Waals surface area contributed by atoms with Crippen LogP contribution in [0.15, 0.2) is 42.5 Å². The first kappa shape index (κ1) is 30.9. The average molecular weight is 493 g/mol. The number of benzene rings is 2. The molecule has 1 atom stereocenters. The molecule has 0 bridgehead atoms. The summed E-state index contributed by atoms with van der Waals surface area (Å²) in [5.41, 5.74) is 1.55. The predicted octanol–water partition coefficient (Wildman–Crippen LogP) is 12.6. The molecule has 204 valence electrons. The van der Waals surface area contributed by atoms with Crippen molar-refractivity contribution in [1.29, 1.82) is 0 Å². The van der Waals surface area contributed by atoms with E-state index in [0.717, 1.165) is 5.92 Å². The van der Waals surface area contributed by atoms with Gasteiger partial charge in [-0.1, -0.05) is 198 Å². The molecule has 2 aromatic rings. The molecule has 0 heteroatoms. The van der Waals surface area contributed by atoms with Gasteiger partial charge in [0.15, 0.2) is 0 Å². The van der Waals surface area contributed by atoms with Crippen LogP contribution in [-0.2, 0) is 6.42 Å². The van der Waals surface area contributed by atoms with Crippen LogP contribution >= 0.6 is 0 Å². The zero-order valence-corrected chi connectivity index (χ0v) is 24.4. The topological polar surface area (TPSA) is 0 Å². The first-order valence-electron chi connectivity index (χ1n) is 16.3. The lowest BCUT2D eigenvalue weighted by Crippen LogP contribution is -2.05. The van der Waals surface area contributed by atoms with Crippen molar-refractivity contribution in [2.24, 2.45) is 5.92 Å². The molecule has 0 spiro atoms. The van der Waals surface area contributed by atoms with Crippen LogP contribution in [-0.4, -0.2) is 0 Å². The summed E-state index contributed by atoms with van der Waals surface area (Å²) in [6, 6.07) is 16.0. The van der Waals surface area contributed by atoms with E-state index in [1.165, 1.54) is 158 Å². The Hall–Kier alpha value is -1.30. The minimum atomic E-state index is 0.870. The second-order valence-electron chi connectivity index (χ2n) is 11.7. The Balaban J connectivity index is 1.66. The van der Waals surface area contributed by atoms with E-state index in [1.54, 1.807) is 5.56 Å². The highest BCUT2D eigenvalue weighted by Crippen LogP contribution is 2.25. The van der Waals surface area contributed by atoms with Gasteiger partial charge in [-0.3, -0.25) is 0 Å². The van der Waals surface area contributed by atoms with Crippen LogP contribution in [0.3, 0.4) is 0 Å². The molecular formula is C36H60. The quantitative estimate of drug-likeness (QED) is 0.128. The van der Waals surface area contributed by atoms with E-state index >= 15 is 0 Å². The summed E-state index contributed by atoms with van der Waals surface area (Å²) in [6.07, 6.45) is 33.0. The maximum absolute atomic E-state index is 2.46. The van der Waals surface area contributed by atoms with E-state index in [1.807, 2.05) is 0 Å². The van der Waals surface area contributed by atoms with Gasteiger partial charge in [0, 0.05) is 0 Å². The van der Waals surface area contributed by atoms with Gasteiger partial charge in [-0.2, -0.15) is 0 Å². The van der Waals surface area contributed by atoms with Crippen molar-refractivity contribution < 1.29 is 0 Å². The van der Waals surface area contributed by atoms with E-state index in [4.69, 9.17) is 0 Å². The van der Waals surface area contributed by atoms with Gasteiger partial charge in [-0.15, -0.1) is 0 Å². The number of hydrogen-bond acceptors (Lipinski definition) is 0. The molecular weight excluding hydrogens is 432 g/mol. The second kappa shape index (κ2) is 21.8. The summed E-state index contributed by atoms with van der Waals surface area (Å²) in [7, 11) is 0. The first-order chi connectivity index (χ1) is 17.8. The molecule has 0 nitrogen and oxygen atoms in total. The average Bonchev–Trinajstić information content (AvgIpc) is 2.90. The maximum atomic E-state index is 2.46. The molecule has 0 saturated heterocycles. The molecule has 0 aliphatic carbocycles. The number of unbranched alkanes of at least 4 members (excludes halogenated alkanes) is 18. The van der Waals surface area contributed by atoms with Crippen molar-refractivity contribution in [3.05, 3.63) is 48.0 Å². The fourth-order valence-corrected chi connectivity index (χ4v) is 5.89. The van der Waals surface area contributed by atoms with E-state index in [-0.39, 0.29) is 0 Å². The van der Waals surface area contributed by atoms with Gasteiger partial charge < -0.3 is 0 Å². The molecule has 0 N–H and O–H groups in total. The molecule has 0 aromatic heterocycles. The third kappa shape index (κ3) is 15.1. The second-order valence-corrected chi connectivity index (χ2v) is 11.7. The minimum Gasteiger partial charge on any atom is -0.0654 e. The Labute approximate surface area is 226 Å². The minimum absolute atomic E-state index is 0.870. The van der Waals surface area contributed by atoms with Gasteiger partial charge in [-0.25, -0.2) is 0 Å². The van der Waals surface area contributed by atoms with Crippen LogP contribution in [0.4, 0.5) is 0 Å². The Kier molecular flexibility index (Phi) is 18.7. The highest BCUT2D eigenvalue weighted by atomic mass is 14.2. The fourth-order valence-electron chi connectivity index (χ4n) is 5.89. The smallest absolute Gasteiger partial charge is 0.0181 e. The fraction of sp³-hybridized carbons (Fsp3) is 0.722. The van der Waals surface area contributed by atoms with Gasteiger partial charge in [0.25, 0.3) is 0 Å². The summed E-state index contributed by atoms with van der Waals surface area (Å²) in [5.74, 6) is 0.870. The van der Waals surface area contributed by atoms with Gasteiger partial charge >= 0.3 is 0 Å². The molecule has 0 heterocycles. The standard InChI is InChI=1S/C36H60/c1-3-5-7-9-11-13-14-16-18-20-22-26-33(25-21-19-17-15-12-10-8-6-4-2)31-34-29-30-35-27-23-24-28-36(35)32-34/h23-24,27-30,32-33H,3-22,25-26,31H2,1-2H3. The number of hydrogen-bond donors (Lipinski definition) is 0. The van der Waals surface area contributed by atoms with E-state index in [0.29, 0.717) is 0 Å². The van der Waals surface area contributed by atoms with Crippen LogP contribution in [0.1, 0.15) is 161 Å². The largest absolute Gasteiger partial charge is 0.0654 e. The molecule has 0 aliphatic heterocycles. The Morgan fingerprint density at radius 1 is 0.444 bits per heavy atom. The molecule has 0 radical (unpaired) electrons. The number of rotatable bonds is 24. The van der Waals surface area contributed by atoms with Crippen molar-refractivity contribution in [2.45, 2.75) is 162 Å². The van der Waals surface area contributed by atoms with Crippen molar-refractivity contribution in [3.8, 4) is 0 Å². The lowest BCUT2D eigenvalue weighted by Gasteiger charge is -2.18. The zero-order valence-electron chi connectivity index (χ0n) is 24.4. The summed E-state index contributed by atoms with van der Waals surface area (Å²) in [5, 5.41) is 2.79. The van der Waals surface area contributed by atoms with Gasteiger partial charge in [0.05, 0.1) is 0 Å². The molecule has 2 aromatic carbocycles. The summed E-state index contributed by atoms with van der Waals surface area (Å²) >= 11 is 0. The highest BCUT2D eigenvalue weighted by Gasteiger charge is 2.11. The summed E-state index contributed by atoms with van der Waals surface area (Å²) in [6.45, 7) is 4.62. The van der Waals surface area contributed by atoms with Crippen molar-refractivity contribution in [2.75, 3.05) is 0 Å². The predicted molar refractivity (Wildman–Crippen MR) is 164 cm³/mol. The van der Waals surface area contributed by atoms with Crippen LogP contribution in [0.2, 0.25) is 0 Å². The third-order valence-electron chi connectivity index (χ3n) is 8.27. The summed E-state index contributed by atoms with van der Waals surface area (Å²) < 4.78 is 0. The van der Waals surface area contributed by atoms with Gasteiger partial charge in [0.1, 0.15) is 0 Å². The lowest BCUT2D eigenvalue weighted by molar-refractivity contribution is 0.400. The molecule has 2 rings (SSSR count). The van der Waals surface area contributed by atoms with Crippen LogP contribution in [0, 0.1) is 5.92 Å². The summed E-state index contributed by atoms with van der Waals surface area (Å²) in [4.78, 5) is 0. The normalized spacial score (nSPS) is 12.4. The molecule has 0 fully saturated rings. The molecule has 1 unspecified atom stereocenters. The van der Waals surface area contributed by atoms with Crippen LogP contribution < -0.4 is 0 Å². The van der Waals surface area contributed by atoms with E-state index in [2.05, 4.69) is 56.3 Å². The molecule has 0 aliphatic rings. The van der Waals surface area contributed by atoms with Crippen LogP contribution in [0.25, 0.3) is 10.8 Å². The third-order valence-corrected chi connectivity index (χ3v) is 8.27. The zero-order chi connectivity index (χ0) is 25.5. The Morgan fingerprint density at radius 3 is 1.33 bits per heavy atom. The van der Waals surface area contributed by atoms with Crippen molar-refractivity contribution >= 4 is 10.8 Å². The van der Waals surface area contributed by atoms with E-state index < -0.39 is 0 Å². The van der Waals surface area contributed by atoms with Crippen molar-refractivity contribution in [1.82, 2.24) is 0 Å². The SMILES string of the molecule is CCCCCCCCCCCCCC(CCCCCCCCCCC)Cc1ccc2ccccc2c1. The highest BCUT2D eigenvalue weighted by molar-refractivity contribution is 5.82. The monoisotopic (exact) mass is 492 g/mol. The van der Waals surface area contributed by atoms with Gasteiger partial charge in [-0.05, 0) is 28.7 Å². The van der Waals surface area contributed by atoms with Crippen molar-refractivity contribution in [3.63, 3.8) is 0 Å². The molecule has 0 saturated carbocycles. The van der Waals surface area contributed by atoms with Gasteiger partial charge in [0.2, 0.25) is 0 Å². The maximum Gasteiger partial charge on any atom is -0.0181 e.